The molecule has 3 heteroatoms. The summed E-state index contributed by atoms with van der Waals surface area (Å²) < 4.78 is 6.30. The highest BCUT2D eigenvalue weighted by Gasteiger charge is 2.23. The van der Waals surface area contributed by atoms with Gasteiger partial charge in [0.2, 0.25) is 0 Å². The number of unbranched alkanes of at least 4 members (excludes halogenated alkanes) is 1. The molecule has 0 aromatic rings. The lowest BCUT2D eigenvalue weighted by Gasteiger charge is -2.37. The Bertz CT molecular complexity index is 251. The summed E-state index contributed by atoms with van der Waals surface area (Å²) in [6, 6.07) is 0. The highest BCUT2D eigenvalue weighted by atomic mass is 16.5. The first kappa shape index (κ1) is 17.2. The Morgan fingerprint density at radius 2 is 1.83 bits per heavy atom. The molecule has 0 aliphatic carbocycles. The topological polar surface area (TPSA) is 26.3 Å². The molecule has 0 radical (unpaired) electrons. The number of hydrogen-bond donors (Lipinski definition) is 0. The average molecular weight is 256 g/mol. The molecule has 0 fully saturated rings. The first-order valence-corrected chi connectivity index (χ1v) is 7.28. The van der Waals surface area contributed by atoms with Gasteiger partial charge in [0.1, 0.15) is 13.2 Å². The molecule has 0 aromatic carbocycles. The summed E-state index contributed by atoms with van der Waals surface area (Å²) in [5.41, 5.74) is 0. The van der Waals surface area contributed by atoms with Crippen LogP contribution in [0.3, 0.4) is 0 Å². The quantitative estimate of drug-likeness (QED) is 0.341. The van der Waals surface area contributed by atoms with Crippen molar-refractivity contribution in [3.8, 4) is 0 Å². The van der Waals surface area contributed by atoms with Crippen molar-refractivity contribution < 1.29 is 14.0 Å². The minimum Gasteiger partial charge on any atom is -0.457 e. The second-order valence-corrected chi connectivity index (χ2v) is 4.85. The molecule has 18 heavy (non-hydrogen) atoms. The molecule has 0 rings (SSSR count). The largest absolute Gasteiger partial charge is 0.457 e. The lowest BCUT2D eigenvalue weighted by atomic mass is 10.2. The van der Waals surface area contributed by atoms with Crippen LogP contribution in [0, 0.1) is 0 Å². The van der Waals surface area contributed by atoms with E-state index in [1.54, 1.807) is 6.08 Å². The van der Waals surface area contributed by atoms with Crippen molar-refractivity contribution in [2.45, 2.75) is 47.0 Å². The molecule has 1 unspecified atom stereocenters. The zero-order valence-electron chi connectivity index (χ0n) is 12.6. The standard InChI is InChI=1S/C15H30NO2/c1-5-9-12-16(8-4,11-7-3)13-14-18-15(17)10-6-2/h6,10H,5,7-9,11-14H2,1-4H3/q+1/b10-6+. The zero-order valence-corrected chi connectivity index (χ0v) is 12.6. The van der Waals surface area contributed by atoms with Crippen molar-refractivity contribution in [3.05, 3.63) is 12.2 Å². The van der Waals surface area contributed by atoms with Gasteiger partial charge in [-0.15, -0.1) is 0 Å². The number of rotatable bonds is 10. The molecule has 0 amide bonds. The van der Waals surface area contributed by atoms with Crippen molar-refractivity contribution in [3.63, 3.8) is 0 Å². The normalized spacial score (nSPS) is 14.7. The summed E-state index contributed by atoms with van der Waals surface area (Å²) in [6.45, 7) is 13.5. The van der Waals surface area contributed by atoms with Crippen LogP contribution in [0.1, 0.15) is 47.0 Å². The highest BCUT2D eigenvalue weighted by Crippen LogP contribution is 2.11. The predicted octanol–water partition coefficient (Wildman–Crippen LogP) is 3.15. The monoisotopic (exact) mass is 256 g/mol. The van der Waals surface area contributed by atoms with E-state index in [4.69, 9.17) is 4.74 Å². The Kier molecular flexibility index (Phi) is 9.66. The van der Waals surface area contributed by atoms with Crippen LogP contribution in [0.2, 0.25) is 0 Å². The fraction of sp³-hybridized carbons (Fsp3) is 0.800. The van der Waals surface area contributed by atoms with Gasteiger partial charge in [0.05, 0.1) is 19.6 Å². The lowest BCUT2D eigenvalue weighted by molar-refractivity contribution is -0.926. The second-order valence-electron chi connectivity index (χ2n) is 4.85. The van der Waals surface area contributed by atoms with Gasteiger partial charge in [-0.25, -0.2) is 4.79 Å². The van der Waals surface area contributed by atoms with E-state index in [2.05, 4.69) is 20.8 Å². The van der Waals surface area contributed by atoms with Gasteiger partial charge in [-0.1, -0.05) is 26.3 Å². The molecule has 0 aromatic heterocycles. The Morgan fingerprint density at radius 1 is 1.11 bits per heavy atom. The van der Waals surface area contributed by atoms with Crippen molar-refractivity contribution in [1.29, 1.82) is 0 Å². The fourth-order valence-electron chi connectivity index (χ4n) is 2.30. The molecule has 0 spiro atoms. The molecule has 0 aliphatic heterocycles. The number of carbonyl (C=O) groups is 1. The van der Waals surface area contributed by atoms with E-state index < -0.39 is 0 Å². The maximum absolute atomic E-state index is 11.3. The predicted molar refractivity (Wildman–Crippen MR) is 76.4 cm³/mol. The minimum atomic E-state index is -0.223. The van der Waals surface area contributed by atoms with Crippen LogP contribution in [-0.2, 0) is 9.53 Å². The van der Waals surface area contributed by atoms with Gasteiger partial charge in [0, 0.05) is 6.08 Å². The molecular formula is C15H30NO2+. The lowest BCUT2D eigenvalue weighted by Crippen LogP contribution is -2.51. The van der Waals surface area contributed by atoms with Gasteiger partial charge in [0.15, 0.2) is 0 Å². The molecule has 1 atom stereocenters. The molecule has 0 saturated heterocycles. The number of carbonyl (C=O) groups excluding carboxylic acids is 1. The van der Waals surface area contributed by atoms with E-state index >= 15 is 0 Å². The van der Waals surface area contributed by atoms with Crippen molar-refractivity contribution in [2.75, 3.05) is 32.8 Å². The summed E-state index contributed by atoms with van der Waals surface area (Å²) in [4.78, 5) is 11.3. The van der Waals surface area contributed by atoms with Gasteiger partial charge in [-0.3, -0.25) is 0 Å². The summed E-state index contributed by atoms with van der Waals surface area (Å²) >= 11 is 0. The first-order chi connectivity index (χ1) is 8.64. The minimum absolute atomic E-state index is 0.223. The first-order valence-electron chi connectivity index (χ1n) is 7.28. The third-order valence-electron chi connectivity index (χ3n) is 3.47. The molecule has 0 bridgehead atoms. The summed E-state index contributed by atoms with van der Waals surface area (Å²) in [7, 11) is 0. The Labute approximate surface area is 112 Å². The maximum Gasteiger partial charge on any atom is 0.330 e. The molecule has 106 valence electrons. The maximum atomic E-state index is 11.3. The number of quaternary nitrogens is 1. The van der Waals surface area contributed by atoms with E-state index in [0.29, 0.717) is 6.61 Å². The summed E-state index contributed by atoms with van der Waals surface area (Å²) in [6.07, 6.45) is 6.85. The van der Waals surface area contributed by atoms with Crippen molar-refractivity contribution in [1.82, 2.24) is 0 Å². The van der Waals surface area contributed by atoms with Crippen LogP contribution in [0.15, 0.2) is 12.2 Å². The number of allylic oxidation sites excluding steroid dienone is 1. The molecule has 0 N–H and O–H groups in total. The van der Waals surface area contributed by atoms with E-state index in [9.17, 15) is 4.79 Å². The van der Waals surface area contributed by atoms with Crippen LogP contribution in [0.25, 0.3) is 0 Å². The van der Waals surface area contributed by atoms with Crippen molar-refractivity contribution in [2.24, 2.45) is 0 Å². The van der Waals surface area contributed by atoms with Gasteiger partial charge in [0.25, 0.3) is 0 Å². The second kappa shape index (κ2) is 10.1. The van der Waals surface area contributed by atoms with Gasteiger partial charge in [-0.05, 0) is 26.7 Å². The molecule has 0 heterocycles. The molecule has 3 nitrogen and oxygen atoms in total. The Balaban J connectivity index is 4.25. The molecule has 0 saturated carbocycles. The van der Waals surface area contributed by atoms with E-state index in [0.717, 1.165) is 17.6 Å². The third kappa shape index (κ3) is 6.80. The summed E-state index contributed by atoms with van der Waals surface area (Å²) in [5.74, 6) is -0.223. The fourth-order valence-corrected chi connectivity index (χ4v) is 2.30. The number of esters is 1. The van der Waals surface area contributed by atoms with Crippen LogP contribution in [0.4, 0.5) is 0 Å². The SMILES string of the molecule is C/C=C/C(=O)OCC[N+](CC)(CCC)CCCC. The Morgan fingerprint density at radius 3 is 2.33 bits per heavy atom. The van der Waals surface area contributed by atoms with Crippen molar-refractivity contribution >= 4 is 5.97 Å². The van der Waals surface area contributed by atoms with E-state index in [-0.39, 0.29) is 5.97 Å². The average Bonchev–Trinajstić information content (AvgIpc) is 2.36. The molecule has 0 aliphatic rings. The summed E-state index contributed by atoms with van der Waals surface area (Å²) in [5, 5.41) is 0. The third-order valence-corrected chi connectivity index (χ3v) is 3.47. The van der Waals surface area contributed by atoms with Crippen LogP contribution >= 0.6 is 0 Å². The van der Waals surface area contributed by atoms with Crippen LogP contribution in [0.5, 0.6) is 0 Å². The van der Waals surface area contributed by atoms with Gasteiger partial charge < -0.3 is 9.22 Å². The number of likely N-dealkylation sites (N-methyl/N-ethyl adjacent to an activating group) is 1. The highest BCUT2D eigenvalue weighted by molar-refractivity contribution is 5.81. The smallest absolute Gasteiger partial charge is 0.330 e. The van der Waals surface area contributed by atoms with Crippen LogP contribution < -0.4 is 0 Å². The van der Waals surface area contributed by atoms with Gasteiger partial charge >= 0.3 is 5.97 Å². The van der Waals surface area contributed by atoms with E-state index in [1.165, 1.54) is 38.4 Å². The zero-order chi connectivity index (χ0) is 13.9. The van der Waals surface area contributed by atoms with E-state index in [1.807, 2.05) is 6.92 Å². The van der Waals surface area contributed by atoms with Gasteiger partial charge in [-0.2, -0.15) is 0 Å². The number of ether oxygens (including phenoxy) is 1. The Hall–Kier alpha value is -0.830. The number of nitrogens with zero attached hydrogens (tertiary/aromatic N) is 1. The number of hydrogen-bond acceptors (Lipinski definition) is 2. The van der Waals surface area contributed by atoms with Crippen LogP contribution in [-0.4, -0.2) is 43.2 Å². The molecular weight excluding hydrogens is 226 g/mol.